The summed E-state index contributed by atoms with van der Waals surface area (Å²) in [6.07, 6.45) is -1.51. The van der Waals surface area contributed by atoms with Gasteiger partial charge in [-0.2, -0.15) is 18.3 Å². The number of alkyl halides is 3. The van der Waals surface area contributed by atoms with Crippen LogP contribution in [-0.2, 0) is 12.7 Å². The molecule has 1 fully saturated rings. The number of nitrogens with two attached hydrogens (primary N) is 1. The van der Waals surface area contributed by atoms with Gasteiger partial charge in [-0.05, 0) is 25.8 Å². The molecule has 0 atom stereocenters. The van der Waals surface area contributed by atoms with Crippen LogP contribution in [0.15, 0.2) is 12.3 Å². The van der Waals surface area contributed by atoms with Gasteiger partial charge >= 0.3 is 6.18 Å². The molecule has 0 radical (unpaired) electrons. The van der Waals surface area contributed by atoms with E-state index in [4.69, 9.17) is 5.73 Å². The molecule has 3 rings (SSSR count). The highest BCUT2D eigenvalue weighted by molar-refractivity contribution is 5.81. The monoisotopic (exact) mass is 313 g/mol. The molecule has 3 heterocycles. The third kappa shape index (κ3) is 2.75. The van der Waals surface area contributed by atoms with E-state index < -0.39 is 11.7 Å². The molecular formula is C14H18F3N5. The summed E-state index contributed by atoms with van der Waals surface area (Å²) >= 11 is 0. The van der Waals surface area contributed by atoms with Gasteiger partial charge in [0.05, 0.1) is 10.9 Å². The van der Waals surface area contributed by atoms with Crippen LogP contribution in [0, 0.1) is 0 Å². The van der Waals surface area contributed by atoms with E-state index in [1.54, 1.807) is 0 Å². The molecule has 22 heavy (non-hydrogen) atoms. The molecule has 0 aromatic carbocycles. The molecule has 2 aromatic heterocycles. The molecule has 0 aliphatic carbocycles. The van der Waals surface area contributed by atoms with Crippen molar-refractivity contribution in [2.24, 2.45) is 5.73 Å². The van der Waals surface area contributed by atoms with E-state index in [-0.39, 0.29) is 17.1 Å². The van der Waals surface area contributed by atoms with Crippen molar-refractivity contribution in [1.29, 1.82) is 0 Å². The summed E-state index contributed by atoms with van der Waals surface area (Å²) in [5.41, 5.74) is 5.31. The topological polar surface area (TPSA) is 60.0 Å². The maximum atomic E-state index is 13.3. The Labute approximate surface area is 125 Å². The summed E-state index contributed by atoms with van der Waals surface area (Å²) in [5.74, 6) is 0.327. The Bertz CT molecular complexity index is 671. The zero-order valence-electron chi connectivity index (χ0n) is 12.3. The summed E-state index contributed by atoms with van der Waals surface area (Å²) in [6, 6.07) is 1.24. The van der Waals surface area contributed by atoms with Crippen LogP contribution in [0.5, 0.6) is 0 Å². The highest BCUT2D eigenvalue weighted by Gasteiger charge is 2.35. The number of halogens is 3. The third-order valence-corrected chi connectivity index (χ3v) is 4.02. The molecule has 2 aromatic rings. The normalized spacial score (nSPS) is 17.4. The van der Waals surface area contributed by atoms with E-state index in [1.807, 2.05) is 11.8 Å². The van der Waals surface area contributed by atoms with E-state index in [9.17, 15) is 13.2 Å². The van der Waals surface area contributed by atoms with Crippen LogP contribution in [0.4, 0.5) is 19.0 Å². The number of anilines is 1. The Morgan fingerprint density at radius 3 is 2.59 bits per heavy atom. The number of fused-ring (bicyclic) bond motifs is 1. The number of aromatic nitrogens is 3. The van der Waals surface area contributed by atoms with Crippen molar-refractivity contribution in [3.63, 3.8) is 0 Å². The van der Waals surface area contributed by atoms with Gasteiger partial charge in [0.1, 0.15) is 5.82 Å². The molecule has 1 aliphatic rings. The number of hydrogen-bond donors (Lipinski definition) is 1. The number of pyridine rings is 1. The van der Waals surface area contributed by atoms with Gasteiger partial charge in [-0.1, -0.05) is 0 Å². The smallest absolute Gasteiger partial charge is 0.356 e. The molecule has 120 valence electrons. The van der Waals surface area contributed by atoms with Crippen molar-refractivity contribution in [2.45, 2.75) is 38.5 Å². The van der Waals surface area contributed by atoms with Crippen molar-refractivity contribution in [2.75, 3.05) is 18.0 Å². The first kappa shape index (κ1) is 15.1. The molecule has 2 N–H and O–H groups in total. The quantitative estimate of drug-likeness (QED) is 0.925. The van der Waals surface area contributed by atoms with Crippen LogP contribution in [0.1, 0.15) is 25.3 Å². The first-order chi connectivity index (χ1) is 10.4. The molecule has 0 spiro atoms. The van der Waals surface area contributed by atoms with Crippen LogP contribution in [-0.4, -0.2) is 33.9 Å². The second-order valence-corrected chi connectivity index (χ2v) is 5.57. The Morgan fingerprint density at radius 1 is 1.32 bits per heavy atom. The summed E-state index contributed by atoms with van der Waals surface area (Å²) in [5, 5.41) is 4.18. The molecule has 5 nitrogen and oxygen atoms in total. The Kier molecular flexibility index (Phi) is 3.72. The van der Waals surface area contributed by atoms with Crippen LogP contribution in [0.2, 0.25) is 0 Å². The Balaban J connectivity index is 2.08. The summed E-state index contributed by atoms with van der Waals surface area (Å²) in [6.45, 7) is 3.56. The molecular weight excluding hydrogens is 295 g/mol. The first-order valence-corrected chi connectivity index (χ1v) is 7.34. The number of piperidine rings is 1. The molecule has 0 bridgehead atoms. The fourth-order valence-electron chi connectivity index (χ4n) is 2.72. The van der Waals surface area contributed by atoms with Crippen molar-refractivity contribution in [1.82, 2.24) is 14.8 Å². The largest absolute Gasteiger partial charge is 0.417 e. The molecule has 8 heteroatoms. The highest BCUT2D eigenvalue weighted by atomic mass is 19.4. The van der Waals surface area contributed by atoms with E-state index in [0.717, 1.165) is 18.9 Å². The van der Waals surface area contributed by atoms with Crippen LogP contribution in [0.3, 0.4) is 0 Å². The van der Waals surface area contributed by atoms with Gasteiger partial charge in [0.2, 0.25) is 0 Å². The van der Waals surface area contributed by atoms with Gasteiger partial charge in [-0.25, -0.2) is 4.98 Å². The van der Waals surface area contributed by atoms with Gasteiger partial charge in [0, 0.05) is 31.9 Å². The lowest BCUT2D eigenvalue weighted by Crippen LogP contribution is -2.40. The van der Waals surface area contributed by atoms with Crippen molar-refractivity contribution < 1.29 is 13.2 Å². The minimum absolute atomic E-state index is 0.0480. The zero-order valence-corrected chi connectivity index (χ0v) is 12.3. The lowest BCUT2D eigenvalue weighted by atomic mass is 10.1. The summed E-state index contributed by atoms with van der Waals surface area (Å²) < 4.78 is 41.5. The zero-order chi connectivity index (χ0) is 15.9. The predicted octanol–water partition coefficient (Wildman–Crippen LogP) is 2.40. The maximum Gasteiger partial charge on any atom is 0.417 e. The molecule has 0 saturated carbocycles. The Morgan fingerprint density at radius 2 is 2.00 bits per heavy atom. The SMILES string of the molecule is CCn1cc2c(C(F)(F)F)cc(N3CCC(N)CC3)nc2n1. The lowest BCUT2D eigenvalue weighted by molar-refractivity contribution is -0.136. The van der Waals surface area contributed by atoms with Crippen LogP contribution < -0.4 is 10.6 Å². The predicted molar refractivity (Wildman–Crippen MR) is 77.6 cm³/mol. The van der Waals surface area contributed by atoms with E-state index in [2.05, 4.69) is 10.1 Å². The van der Waals surface area contributed by atoms with Gasteiger partial charge in [0.25, 0.3) is 0 Å². The maximum absolute atomic E-state index is 13.3. The van der Waals surface area contributed by atoms with Crippen LogP contribution in [0.25, 0.3) is 11.0 Å². The molecule has 0 unspecified atom stereocenters. The second kappa shape index (κ2) is 5.42. The van der Waals surface area contributed by atoms with Crippen molar-refractivity contribution in [3.05, 3.63) is 17.8 Å². The van der Waals surface area contributed by atoms with Gasteiger partial charge in [0.15, 0.2) is 5.65 Å². The molecule has 0 amide bonds. The number of hydrogen-bond acceptors (Lipinski definition) is 4. The third-order valence-electron chi connectivity index (χ3n) is 4.02. The number of rotatable bonds is 2. The minimum atomic E-state index is -4.43. The van der Waals surface area contributed by atoms with Gasteiger partial charge < -0.3 is 10.6 Å². The molecule has 1 aliphatic heterocycles. The average Bonchev–Trinajstić information content (AvgIpc) is 2.88. The molecule has 1 saturated heterocycles. The lowest BCUT2D eigenvalue weighted by Gasteiger charge is -2.31. The number of nitrogens with zero attached hydrogens (tertiary/aromatic N) is 4. The fourth-order valence-corrected chi connectivity index (χ4v) is 2.72. The van der Waals surface area contributed by atoms with Crippen LogP contribution >= 0.6 is 0 Å². The highest BCUT2D eigenvalue weighted by Crippen LogP contribution is 2.36. The first-order valence-electron chi connectivity index (χ1n) is 7.34. The summed E-state index contributed by atoms with van der Waals surface area (Å²) in [4.78, 5) is 6.17. The summed E-state index contributed by atoms with van der Waals surface area (Å²) in [7, 11) is 0. The van der Waals surface area contributed by atoms with Crippen molar-refractivity contribution in [3.8, 4) is 0 Å². The van der Waals surface area contributed by atoms with Gasteiger partial charge in [-0.3, -0.25) is 4.68 Å². The average molecular weight is 313 g/mol. The van der Waals surface area contributed by atoms with Gasteiger partial charge in [-0.15, -0.1) is 0 Å². The Hall–Kier alpha value is -1.83. The second-order valence-electron chi connectivity index (χ2n) is 5.57. The number of aryl methyl sites for hydroxylation is 1. The van der Waals surface area contributed by atoms with Crippen molar-refractivity contribution >= 4 is 16.9 Å². The minimum Gasteiger partial charge on any atom is -0.356 e. The van der Waals surface area contributed by atoms with E-state index >= 15 is 0 Å². The van der Waals surface area contributed by atoms with E-state index in [1.165, 1.54) is 10.9 Å². The fraction of sp³-hybridized carbons (Fsp3) is 0.571. The standard InChI is InChI=1S/C14H18F3N5/c1-2-22-8-10-11(14(15,16)17)7-12(19-13(10)20-22)21-5-3-9(18)4-6-21/h7-9H,2-6,18H2,1H3. The van der Waals surface area contributed by atoms with E-state index in [0.29, 0.717) is 25.5 Å².